The molecule has 1 saturated heterocycles. The van der Waals surface area contributed by atoms with Gasteiger partial charge in [0.05, 0.1) is 0 Å². The molecule has 0 saturated carbocycles. The molecular weight excluding hydrogens is 426 g/mol. The maximum Gasteiger partial charge on any atom is 0.253 e. The SMILES string of the molecule is CCCCCCc1ccc(C(=O)N2CCC(C(=O)NCCNC(=O)c3ccccc3)CC2)cc1. The molecule has 3 rings (SSSR count). The lowest BCUT2D eigenvalue weighted by Crippen LogP contribution is -2.44. The van der Waals surface area contributed by atoms with Crippen molar-refractivity contribution >= 4 is 17.7 Å². The lowest BCUT2D eigenvalue weighted by Gasteiger charge is -2.31. The van der Waals surface area contributed by atoms with E-state index in [2.05, 4.69) is 29.7 Å². The quantitative estimate of drug-likeness (QED) is 0.490. The Hall–Kier alpha value is -3.15. The van der Waals surface area contributed by atoms with E-state index in [1.807, 2.05) is 35.2 Å². The Morgan fingerprint density at radius 1 is 0.824 bits per heavy atom. The van der Waals surface area contributed by atoms with Crippen LogP contribution in [0.25, 0.3) is 0 Å². The van der Waals surface area contributed by atoms with Gasteiger partial charge in [-0.25, -0.2) is 0 Å². The molecule has 6 heteroatoms. The number of piperidine rings is 1. The minimum Gasteiger partial charge on any atom is -0.354 e. The zero-order chi connectivity index (χ0) is 24.2. The Morgan fingerprint density at radius 2 is 1.50 bits per heavy atom. The molecule has 182 valence electrons. The number of carbonyl (C=O) groups excluding carboxylic acids is 3. The van der Waals surface area contributed by atoms with Crippen LogP contribution in [0.15, 0.2) is 54.6 Å². The van der Waals surface area contributed by atoms with E-state index < -0.39 is 0 Å². The molecule has 0 spiro atoms. The van der Waals surface area contributed by atoms with E-state index in [-0.39, 0.29) is 23.6 Å². The largest absolute Gasteiger partial charge is 0.354 e. The number of carbonyl (C=O) groups is 3. The molecule has 0 unspecified atom stereocenters. The second kappa shape index (κ2) is 13.5. The predicted molar refractivity (Wildman–Crippen MR) is 135 cm³/mol. The van der Waals surface area contributed by atoms with Crippen molar-refractivity contribution in [2.24, 2.45) is 5.92 Å². The fraction of sp³-hybridized carbons (Fsp3) is 0.464. The van der Waals surface area contributed by atoms with E-state index in [1.165, 1.54) is 31.2 Å². The molecule has 1 heterocycles. The van der Waals surface area contributed by atoms with Gasteiger partial charge in [-0.15, -0.1) is 0 Å². The summed E-state index contributed by atoms with van der Waals surface area (Å²) < 4.78 is 0. The Bertz CT molecular complexity index is 920. The summed E-state index contributed by atoms with van der Waals surface area (Å²) in [5.41, 5.74) is 2.60. The summed E-state index contributed by atoms with van der Waals surface area (Å²) in [5.74, 6) is -0.209. The van der Waals surface area contributed by atoms with Gasteiger partial charge >= 0.3 is 0 Å². The number of amides is 3. The zero-order valence-corrected chi connectivity index (χ0v) is 20.2. The summed E-state index contributed by atoms with van der Waals surface area (Å²) >= 11 is 0. The monoisotopic (exact) mass is 463 g/mol. The predicted octanol–water partition coefficient (Wildman–Crippen LogP) is 4.21. The lowest BCUT2D eigenvalue weighted by atomic mass is 9.95. The molecule has 0 bridgehead atoms. The molecule has 2 aromatic rings. The number of likely N-dealkylation sites (tertiary alicyclic amines) is 1. The van der Waals surface area contributed by atoms with Gasteiger partial charge in [0.15, 0.2) is 0 Å². The molecule has 2 aromatic carbocycles. The van der Waals surface area contributed by atoms with Crippen LogP contribution in [0, 0.1) is 5.92 Å². The molecule has 0 aromatic heterocycles. The molecule has 1 fully saturated rings. The van der Waals surface area contributed by atoms with E-state index >= 15 is 0 Å². The van der Waals surface area contributed by atoms with Crippen molar-refractivity contribution in [2.45, 2.75) is 51.9 Å². The number of hydrogen-bond acceptors (Lipinski definition) is 3. The topological polar surface area (TPSA) is 78.5 Å². The minimum atomic E-state index is -0.147. The van der Waals surface area contributed by atoms with Crippen LogP contribution in [0.2, 0.25) is 0 Å². The molecule has 0 atom stereocenters. The fourth-order valence-corrected chi connectivity index (χ4v) is 4.29. The van der Waals surface area contributed by atoms with Crippen LogP contribution in [0.5, 0.6) is 0 Å². The highest BCUT2D eigenvalue weighted by Gasteiger charge is 2.27. The van der Waals surface area contributed by atoms with Crippen LogP contribution in [-0.4, -0.2) is 48.8 Å². The normalized spacial score (nSPS) is 14.0. The van der Waals surface area contributed by atoms with Gasteiger partial charge in [0, 0.05) is 43.2 Å². The molecule has 0 radical (unpaired) electrons. The number of nitrogens with one attached hydrogen (secondary N) is 2. The standard InChI is InChI=1S/C28H37N3O3/c1-2-3-4-6-9-22-12-14-25(15-13-22)28(34)31-20-16-24(17-21-31)27(33)30-19-18-29-26(32)23-10-7-5-8-11-23/h5,7-8,10-15,24H,2-4,6,9,16-21H2,1H3,(H,29,32)(H,30,33). The van der Waals surface area contributed by atoms with Crippen LogP contribution in [0.3, 0.4) is 0 Å². The van der Waals surface area contributed by atoms with E-state index in [0.29, 0.717) is 44.6 Å². The summed E-state index contributed by atoms with van der Waals surface area (Å²) in [5, 5.41) is 5.72. The molecule has 1 aliphatic rings. The molecular formula is C28H37N3O3. The van der Waals surface area contributed by atoms with Crippen molar-refractivity contribution in [3.8, 4) is 0 Å². The molecule has 6 nitrogen and oxygen atoms in total. The molecule has 34 heavy (non-hydrogen) atoms. The second-order valence-electron chi connectivity index (χ2n) is 8.99. The lowest BCUT2D eigenvalue weighted by molar-refractivity contribution is -0.126. The average Bonchev–Trinajstić information content (AvgIpc) is 2.89. The van der Waals surface area contributed by atoms with Crippen LogP contribution in [0.1, 0.15) is 71.7 Å². The van der Waals surface area contributed by atoms with Crippen LogP contribution in [0.4, 0.5) is 0 Å². The Balaban J connectivity index is 1.35. The minimum absolute atomic E-state index is 0.00603. The number of unbranched alkanes of at least 4 members (excludes halogenated alkanes) is 3. The van der Waals surface area contributed by atoms with Crippen molar-refractivity contribution in [1.82, 2.24) is 15.5 Å². The highest BCUT2D eigenvalue weighted by Crippen LogP contribution is 2.20. The summed E-state index contributed by atoms with van der Waals surface area (Å²) in [7, 11) is 0. The third-order valence-corrected chi connectivity index (χ3v) is 6.42. The maximum absolute atomic E-state index is 12.9. The van der Waals surface area contributed by atoms with Gasteiger partial charge in [0.2, 0.25) is 5.91 Å². The molecule has 3 amide bonds. The van der Waals surface area contributed by atoms with Gasteiger partial charge in [-0.2, -0.15) is 0 Å². The van der Waals surface area contributed by atoms with Crippen molar-refractivity contribution in [1.29, 1.82) is 0 Å². The van der Waals surface area contributed by atoms with Crippen LogP contribution < -0.4 is 10.6 Å². The van der Waals surface area contributed by atoms with Gasteiger partial charge in [0.1, 0.15) is 0 Å². The first kappa shape index (κ1) is 25.5. The van der Waals surface area contributed by atoms with E-state index in [4.69, 9.17) is 0 Å². The van der Waals surface area contributed by atoms with Gasteiger partial charge in [-0.05, 0) is 55.5 Å². The Labute approximate surface area is 203 Å². The first-order chi connectivity index (χ1) is 16.6. The van der Waals surface area contributed by atoms with E-state index in [0.717, 1.165) is 12.0 Å². The number of rotatable bonds is 11. The highest BCUT2D eigenvalue weighted by atomic mass is 16.2. The summed E-state index contributed by atoms with van der Waals surface area (Å²) in [6, 6.07) is 17.0. The number of aryl methyl sites for hydroxylation is 1. The Kier molecular flexibility index (Phi) is 10.1. The van der Waals surface area contributed by atoms with E-state index in [1.54, 1.807) is 12.1 Å². The van der Waals surface area contributed by atoms with Crippen molar-refractivity contribution in [2.75, 3.05) is 26.2 Å². The van der Waals surface area contributed by atoms with E-state index in [9.17, 15) is 14.4 Å². The number of benzene rings is 2. The van der Waals surface area contributed by atoms with Crippen molar-refractivity contribution in [3.05, 3.63) is 71.3 Å². The van der Waals surface area contributed by atoms with Crippen LogP contribution >= 0.6 is 0 Å². The number of hydrogen-bond donors (Lipinski definition) is 2. The maximum atomic E-state index is 12.9. The molecule has 2 N–H and O–H groups in total. The van der Waals surface area contributed by atoms with Gasteiger partial charge < -0.3 is 15.5 Å². The number of nitrogens with zero attached hydrogens (tertiary/aromatic N) is 1. The van der Waals surface area contributed by atoms with Crippen molar-refractivity contribution < 1.29 is 14.4 Å². The third-order valence-electron chi connectivity index (χ3n) is 6.42. The first-order valence-electron chi connectivity index (χ1n) is 12.6. The average molecular weight is 464 g/mol. The second-order valence-corrected chi connectivity index (χ2v) is 8.99. The summed E-state index contributed by atoms with van der Waals surface area (Å²) in [6.45, 7) is 4.15. The summed E-state index contributed by atoms with van der Waals surface area (Å²) in [4.78, 5) is 39.2. The molecule has 0 aliphatic carbocycles. The smallest absolute Gasteiger partial charge is 0.253 e. The molecule has 1 aliphatic heterocycles. The van der Waals surface area contributed by atoms with Crippen molar-refractivity contribution in [3.63, 3.8) is 0 Å². The van der Waals surface area contributed by atoms with Gasteiger partial charge in [0.25, 0.3) is 11.8 Å². The highest BCUT2D eigenvalue weighted by molar-refractivity contribution is 5.95. The first-order valence-corrected chi connectivity index (χ1v) is 12.6. The Morgan fingerprint density at radius 3 is 2.18 bits per heavy atom. The third kappa shape index (κ3) is 7.72. The zero-order valence-electron chi connectivity index (χ0n) is 20.2. The van der Waals surface area contributed by atoms with Gasteiger partial charge in [-0.3, -0.25) is 14.4 Å². The fourth-order valence-electron chi connectivity index (χ4n) is 4.29. The van der Waals surface area contributed by atoms with Crippen LogP contribution in [-0.2, 0) is 11.2 Å². The van der Waals surface area contributed by atoms with Gasteiger partial charge in [-0.1, -0.05) is 56.5 Å². The summed E-state index contributed by atoms with van der Waals surface area (Å²) in [6.07, 6.45) is 7.32.